The van der Waals surface area contributed by atoms with Crippen molar-refractivity contribution in [2.45, 2.75) is 64.9 Å². The van der Waals surface area contributed by atoms with Crippen LogP contribution in [0.5, 0.6) is 0 Å². The van der Waals surface area contributed by atoms with E-state index in [1.54, 1.807) is 0 Å². The second-order valence-corrected chi connectivity index (χ2v) is 8.53. The highest BCUT2D eigenvalue weighted by Gasteiger charge is 2.73. The van der Waals surface area contributed by atoms with Gasteiger partial charge in [0, 0.05) is 7.11 Å². The van der Waals surface area contributed by atoms with Crippen LogP contribution in [0.1, 0.15) is 47.0 Å². The van der Waals surface area contributed by atoms with Gasteiger partial charge in [0.1, 0.15) is 0 Å². The van der Waals surface area contributed by atoms with Crippen LogP contribution < -0.4 is 0 Å². The molecule has 2 fully saturated rings. The molecule has 1 nitrogen and oxygen atoms in total. The largest absolute Gasteiger partial charge is 0.426 e. The van der Waals surface area contributed by atoms with Crippen LogP contribution in [0, 0.1) is 41.4 Å². The minimum absolute atomic E-state index is 0.0865. The number of alkyl halides is 6. The molecular formula is C18H28F6O. The molecule has 0 saturated heterocycles. The van der Waals surface area contributed by atoms with Crippen molar-refractivity contribution < 1.29 is 31.1 Å². The van der Waals surface area contributed by atoms with Crippen LogP contribution in [0.3, 0.4) is 0 Å². The van der Waals surface area contributed by atoms with Gasteiger partial charge in [-0.1, -0.05) is 27.7 Å². The highest BCUT2D eigenvalue weighted by atomic mass is 19.4. The van der Waals surface area contributed by atoms with Gasteiger partial charge in [-0.25, -0.2) is 0 Å². The number of halogens is 6. The van der Waals surface area contributed by atoms with Gasteiger partial charge in [0.15, 0.2) is 0 Å². The Bertz CT molecular complexity index is 453. The van der Waals surface area contributed by atoms with Crippen molar-refractivity contribution in [2.75, 3.05) is 7.11 Å². The first-order valence-corrected chi connectivity index (χ1v) is 8.95. The molecule has 2 saturated carbocycles. The van der Waals surface area contributed by atoms with E-state index in [0.29, 0.717) is 25.4 Å². The van der Waals surface area contributed by atoms with Crippen molar-refractivity contribution in [2.24, 2.45) is 41.4 Å². The molecule has 0 spiro atoms. The maximum absolute atomic E-state index is 13.4. The summed E-state index contributed by atoms with van der Waals surface area (Å²) in [4.78, 5) is 0. The highest BCUT2D eigenvalue weighted by molar-refractivity contribution is 5.06. The summed E-state index contributed by atoms with van der Waals surface area (Å²) in [7, 11) is 0.519. The van der Waals surface area contributed by atoms with Gasteiger partial charge in [-0.15, -0.1) is 0 Å². The van der Waals surface area contributed by atoms with Crippen molar-refractivity contribution in [3.63, 3.8) is 0 Å². The molecule has 148 valence electrons. The molecule has 2 rings (SSSR count). The van der Waals surface area contributed by atoms with Crippen LogP contribution in [0.25, 0.3) is 0 Å². The zero-order valence-electron chi connectivity index (χ0n) is 15.3. The van der Waals surface area contributed by atoms with Gasteiger partial charge < -0.3 is 4.74 Å². The molecule has 0 heterocycles. The van der Waals surface area contributed by atoms with Crippen LogP contribution in [-0.2, 0) is 4.74 Å². The quantitative estimate of drug-likeness (QED) is 0.530. The van der Waals surface area contributed by atoms with Crippen molar-refractivity contribution in [3.05, 3.63) is 0 Å². The molecule has 2 aliphatic rings. The Balaban J connectivity index is 2.32. The first-order chi connectivity index (χ1) is 11.3. The van der Waals surface area contributed by atoms with Crippen molar-refractivity contribution >= 4 is 0 Å². The number of hydrogen-bond acceptors (Lipinski definition) is 1. The van der Waals surface area contributed by atoms with E-state index in [4.69, 9.17) is 0 Å². The van der Waals surface area contributed by atoms with Crippen molar-refractivity contribution in [1.82, 2.24) is 0 Å². The Hall–Kier alpha value is -0.460. The van der Waals surface area contributed by atoms with Gasteiger partial charge in [0.2, 0.25) is 0 Å². The minimum atomic E-state index is -5.48. The van der Waals surface area contributed by atoms with Crippen molar-refractivity contribution in [3.8, 4) is 0 Å². The maximum atomic E-state index is 13.4. The number of ether oxygens (including phenoxy) is 1. The zero-order chi connectivity index (χ0) is 19.4. The maximum Gasteiger partial charge on any atom is 0.426 e. The molecule has 5 atom stereocenters. The molecule has 25 heavy (non-hydrogen) atoms. The first kappa shape index (κ1) is 20.8. The van der Waals surface area contributed by atoms with Gasteiger partial charge in [-0.2, -0.15) is 26.3 Å². The SMILES string of the molecule is COC(CC1CC2CC1C(C(C)C)C2C(C)C)(C(F)(F)F)C(F)(F)F. The van der Waals surface area contributed by atoms with Crippen LogP contribution in [0.2, 0.25) is 0 Å². The number of fused-ring (bicyclic) bond motifs is 2. The third kappa shape index (κ3) is 3.30. The highest BCUT2D eigenvalue weighted by Crippen LogP contribution is 2.63. The number of methoxy groups -OCH3 is 1. The average Bonchev–Trinajstić information content (AvgIpc) is 2.98. The Morgan fingerprint density at radius 3 is 1.68 bits per heavy atom. The smallest absolute Gasteiger partial charge is 0.361 e. The summed E-state index contributed by atoms with van der Waals surface area (Å²) >= 11 is 0. The van der Waals surface area contributed by atoms with E-state index >= 15 is 0 Å². The van der Waals surface area contributed by atoms with Gasteiger partial charge in [-0.05, 0) is 60.7 Å². The molecule has 0 amide bonds. The summed E-state index contributed by atoms with van der Waals surface area (Å²) in [6.07, 6.45) is -10.8. The summed E-state index contributed by atoms with van der Waals surface area (Å²) in [6.45, 7) is 8.24. The third-order valence-electron chi connectivity index (χ3n) is 6.62. The van der Waals surface area contributed by atoms with Gasteiger partial charge >= 0.3 is 12.4 Å². The fraction of sp³-hybridized carbons (Fsp3) is 1.00. The summed E-state index contributed by atoms with van der Waals surface area (Å²) in [5.41, 5.74) is -4.07. The van der Waals surface area contributed by atoms with E-state index in [9.17, 15) is 26.3 Å². The Kier molecular flexibility index (Phi) is 5.51. The van der Waals surface area contributed by atoms with Crippen LogP contribution in [0.15, 0.2) is 0 Å². The second kappa shape index (κ2) is 6.61. The van der Waals surface area contributed by atoms with E-state index in [-0.39, 0.29) is 23.7 Å². The van der Waals surface area contributed by atoms with Crippen LogP contribution >= 0.6 is 0 Å². The van der Waals surface area contributed by atoms with Crippen LogP contribution in [0.4, 0.5) is 26.3 Å². The van der Waals surface area contributed by atoms with Gasteiger partial charge in [0.05, 0.1) is 0 Å². The fourth-order valence-corrected chi connectivity index (χ4v) is 5.83. The van der Waals surface area contributed by atoms with E-state index in [2.05, 4.69) is 18.6 Å². The molecule has 5 unspecified atom stereocenters. The van der Waals surface area contributed by atoms with E-state index in [0.717, 1.165) is 6.42 Å². The monoisotopic (exact) mass is 374 g/mol. The number of rotatable bonds is 5. The Morgan fingerprint density at radius 2 is 1.32 bits per heavy atom. The fourth-order valence-electron chi connectivity index (χ4n) is 5.83. The lowest BCUT2D eigenvalue weighted by atomic mass is 9.64. The molecule has 2 bridgehead atoms. The molecule has 0 N–H and O–H groups in total. The zero-order valence-corrected chi connectivity index (χ0v) is 15.3. The predicted octanol–water partition coefficient (Wildman–Crippen LogP) is 6.09. The lowest BCUT2D eigenvalue weighted by Crippen LogP contribution is -2.59. The first-order valence-electron chi connectivity index (χ1n) is 8.95. The molecule has 0 aromatic heterocycles. The normalized spacial score (nSPS) is 33.7. The molecule has 2 aliphatic carbocycles. The molecule has 0 aliphatic heterocycles. The molecule has 0 aromatic rings. The Labute approximate surface area is 145 Å². The summed E-state index contributed by atoms with van der Waals surface area (Å²) in [5, 5.41) is 0. The van der Waals surface area contributed by atoms with Gasteiger partial charge in [-0.3, -0.25) is 0 Å². The summed E-state index contributed by atoms with van der Waals surface area (Å²) in [6, 6.07) is 0. The molecular weight excluding hydrogens is 346 g/mol. The average molecular weight is 374 g/mol. The van der Waals surface area contributed by atoms with E-state index in [1.807, 2.05) is 13.8 Å². The summed E-state index contributed by atoms with van der Waals surface area (Å²) in [5.74, 6) is 0.736. The summed E-state index contributed by atoms with van der Waals surface area (Å²) < 4.78 is 84.5. The van der Waals surface area contributed by atoms with Crippen LogP contribution in [-0.4, -0.2) is 25.1 Å². The third-order valence-corrected chi connectivity index (χ3v) is 6.62. The predicted molar refractivity (Wildman–Crippen MR) is 82.8 cm³/mol. The lowest BCUT2D eigenvalue weighted by Gasteiger charge is -2.44. The number of hydrogen-bond donors (Lipinski definition) is 0. The lowest BCUT2D eigenvalue weighted by molar-refractivity contribution is -0.380. The second-order valence-electron chi connectivity index (χ2n) is 8.53. The van der Waals surface area contributed by atoms with E-state index in [1.165, 1.54) is 0 Å². The molecule has 0 aromatic carbocycles. The van der Waals surface area contributed by atoms with Gasteiger partial charge in [0.25, 0.3) is 5.60 Å². The standard InChI is InChI=1S/C18H28F6O/c1-9(2)14-11-6-12(13(7-11)15(14)10(3)4)8-16(25-5,17(19,20)21)18(22,23)24/h9-15H,6-8H2,1-5H3. The Morgan fingerprint density at radius 1 is 0.840 bits per heavy atom. The van der Waals surface area contributed by atoms with Crippen molar-refractivity contribution in [1.29, 1.82) is 0 Å². The molecule has 7 heteroatoms. The topological polar surface area (TPSA) is 9.23 Å². The van der Waals surface area contributed by atoms with E-state index < -0.39 is 30.3 Å². The molecule has 0 radical (unpaired) electrons. The minimum Gasteiger partial charge on any atom is -0.361 e.